The first-order valence-electron chi connectivity index (χ1n) is 9.38. The molecule has 2 heterocycles. The van der Waals surface area contributed by atoms with E-state index >= 15 is 0 Å². The van der Waals surface area contributed by atoms with Crippen molar-refractivity contribution < 1.29 is 14.3 Å². The van der Waals surface area contributed by atoms with E-state index in [9.17, 15) is 9.90 Å². The maximum Gasteiger partial charge on any atom is 0.230 e. The summed E-state index contributed by atoms with van der Waals surface area (Å²) in [4.78, 5) is 13.4. The van der Waals surface area contributed by atoms with Crippen LogP contribution >= 0.6 is 22.9 Å². The summed E-state index contributed by atoms with van der Waals surface area (Å²) in [5, 5.41) is 18.8. The smallest absolute Gasteiger partial charge is 0.230 e. The number of hydrogen-bond donors (Lipinski definition) is 2. The highest BCUT2D eigenvalue weighted by Gasteiger charge is 2.44. The van der Waals surface area contributed by atoms with Crippen molar-refractivity contribution in [3.05, 3.63) is 81.4 Å². The molecule has 0 spiro atoms. The van der Waals surface area contributed by atoms with Gasteiger partial charge in [0.25, 0.3) is 0 Å². The Morgan fingerprint density at radius 3 is 2.57 bits per heavy atom. The molecule has 0 saturated heterocycles. The van der Waals surface area contributed by atoms with Crippen LogP contribution in [0.15, 0.2) is 63.9 Å². The Bertz CT molecular complexity index is 879. The van der Waals surface area contributed by atoms with Crippen LogP contribution in [0.5, 0.6) is 0 Å². The zero-order chi connectivity index (χ0) is 19.6. The van der Waals surface area contributed by atoms with Gasteiger partial charge < -0.3 is 14.8 Å². The molecule has 4 rings (SSSR count). The predicted octanol–water partition coefficient (Wildman–Crippen LogP) is 4.86. The fraction of sp³-hybridized carbons (Fsp3) is 0.318. The number of halogens is 1. The molecule has 146 valence electrons. The minimum absolute atomic E-state index is 0.0470. The molecule has 1 aromatic carbocycles. The molecule has 1 fully saturated rings. The van der Waals surface area contributed by atoms with E-state index in [4.69, 9.17) is 16.0 Å². The number of rotatable bonds is 6. The van der Waals surface area contributed by atoms with Crippen LogP contribution in [0.25, 0.3) is 0 Å². The third-order valence-corrected chi connectivity index (χ3v) is 6.66. The van der Waals surface area contributed by atoms with E-state index in [0.29, 0.717) is 16.3 Å². The third kappa shape index (κ3) is 3.39. The van der Waals surface area contributed by atoms with Gasteiger partial charge in [-0.15, -0.1) is 0 Å². The minimum Gasteiger partial charge on any atom is -0.466 e. The van der Waals surface area contributed by atoms with Gasteiger partial charge in [0.2, 0.25) is 5.91 Å². The van der Waals surface area contributed by atoms with Gasteiger partial charge in [0.15, 0.2) is 5.60 Å². The average Bonchev–Trinajstić information content (AvgIpc) is 3.48. The van der Waals surface area contributed by atoms with Gasteiger partial charge in [-0.3, -0.25) is 4.79 Å². The van der Waals surface area contributed by atoms with E-state index in [0.717, 1.165) is 31.2 Å². The summed E-state index contributed by atoms with van der Waals surface area (Å²) in [7, 11) is 0. The van der Waals surface area contributed by atoms with Gasteiger partial charge in [-0.05, 0) is 59.5 Å². The molecule has 0 unspecified atom stereocenters. The molecular weight excluding hydrogens is 394 g/mol. The molecule has 6 heteroatoms. The molecule has 1 atom stereocenters. The zero-order valence-corrected chi connectivity index (χ0v) is 16.9. The van der Waals surface area contributed by atoms with Crippen molar-refractivity contribution in [1.29, 1.82) is 0 Å². The summed E-state index contributed by atoms with van der Waals surface area (Å²) in [6.07, 6.45) is 5.11. The predicted molar refractivity (Wildman–Crippen MR) is 111 cm³/mol. The van der Waals surface area contributed by atoms with E-state index in [1.807, 2.05) is 41.1 Å². The standard InChI is InChI=1S/C22H22ClNO3S/c23-18-7-5-16(6-8-18)21(10-1-2-11-21)20(25)24-15-22(26,17-9-13-28-14-17)19-4-3-12-27-19/h3-9,12-14,26H,1-2,10-11,15H2,(H,24,25)/t22-/m1/s1. The second-order valence-electron chi connectivity index (χ2n) is 7.33. The number of aliphatic hydroxyl groups is 1. The van der Waals surface area contributed by atoms with Crippen molar-refractivity contribution in [2.24, 2.45) is 0 Å². The zero-order valence-electron chi connectivity index (χ0n) is 15.4. The van der Waals surface area contributed by atoms with Gasteiger partial charge in [-0.2, -0.15) is 11.3 Å². The number of carbonyl (C=O) groups is 1. The van der Waals surface area contributed by atoms with E-state index in [-0.39, 0.29) is 12.5 Å². The van der Waals surface area contributed by atoms with Crippen LogP contribution in [0.3, 0.4) is 0 Å². The van der Waals surface area contributed by atoms with Crippen LogP contribution in [0, 0.1) is 0 Å². The fourth-order valence-electron chi connectivity index (χ4n) is 4.12. The van der Waals surface area contributed by atoms with Gasteiger partial charge in [0.1, 0.15) is 5.76 Å². The molecule has 0 bridgehead atoms. The van der Waals surface area contributed by atoms with E-state index in [1.165, 1.54) is 17.6 Å². The normalized spacial score (nSPS) is 17.9. The quantitative estimate of drug-likeness (QED) is 0.604. The van der Waals surface area contributed by atoms with Gasteiger partial charge in [-0.1, -0.05) is 36.6 Å². The highest BCUT2D eigenvalue weighted by atomic mass is 35.5. The summed E-state index contributed by atoms with van der Waals surface area (Å²) in [6.45, 7) is 0.0470. The summed E-state index contributed by atoms with van der Waals surface area (Å²) in [5.74, 6) is 0.352. The average molecular weight is 416 g/mol. The van der Waals surface area contributed by atoms with Crippen LogP contribution in [0.4, 0.5) is 0 Å². The van der Waals surface area contributed by atoms with E-state index in [2.05, 4.69) is 5.32 Å². The molecule has 2 N–H and O–H groups in total. The molecule has 2 aromatic heterocycles. The first kappa shape index (κ1) is 19.2. The number of hydrogen-bond acceptors (Lipinski definition) is 4. The van der Waals surface area contributed by atoms with Crippen LogP contribution in [-0.2, 0) is 15.8 Å². The highest BCUT2D eigenvalue weighted by molar-refractivity contribution is 7.08. The van der Waals surface area contributed by atoms with E-state index < -0.39 is 11.0 Å². The molecule has 0 radical (unpaired) electrons. The van der Waals surface area contributed by atoms with Crippen LogP contribution in [0.2, 0.25) is 5.02 Å². The largest absolute Gasteiger partial charge is 0.466 e. The first-order chi connectivity index (χ1) is 13.5. The van der Waals surface area contributed by atoms with Crippen molar-refractivity contribution in [3.63, 3.8) is 0 Å². The number of nitrogens with one attached hydrogen (secondary N) is 1. The second-order valence-corrected chi connectivity index (χ2v) is 8.54. The van der Waals surface area contributed by atoms with Crippen LogP contribution in [-0.4, -0.2) is 17.6 Å². The molecule has 1 aliphatic carbocycles. The molecule has 1 amide bonds. The number of benzene rings is 1. The van der Waals surface area contributed by atoms with Crippen molar-refractivity contribution in [2.75, 3.05) is 6.54 Å². The molecule has 1 aliphatic rings. The number of carbonyl (C=O) groups excluding carboxylic acids is 1. The summed E-state index contributed by atoms with van der Waals surface area (Å²) >= 11 is 7.53. The third-order valence-electron chi connectivity index (χ3n) is 5.72. The first-order valence-corrected chi connectivity index (χ1v) is 10.7. The lowest BCUT2D eigenvalue weighted by atomic mass is 9.77. The molecule has 0 aliphatic heterocycles. The van der Waals surface area contributed by atoms with E-state index in [1.54, 1.807) is 12.1 Å². The number of furan rings is 1. The van der Waals surface area contributed by atoms with Crippen molar-refractivity contribution in [1.82, 2.24) is 5.32 Å². The molecule has 1 saturated carbocycles. The molecule has 4 nitrogen and oxygen atoms in total. The van der Waals surface area contributed by atoms with Gasteiger partial charge >= 0.3 is 0 Å². The Kier molecular flexibility index (Phi) is 5.32. The van der Waals surface area contributed by atoms with Crippen molar-refractivity contribution >= 4 is 28.8 Å². The van der Waals surface area contributed by atoms with Gasteiger partial charge in [0.05, 0.1) is 18.2 Å². The number of amides is 1. The monoisotopic (exact) mass is 415 g/mol. The SMILES string of the molecule is O=C(NC[C@@](O)(c1ccsc1)c1ccco1)C1(c2ccc(Cl)cc2)CCCC1. The lowest BCUT2D eigenvalue weighted by Crippen LogP contribution is -2.48. The Morgan fingerprint density at radius 1 is 1.21 bits per heavy atom. The Hall–Kier alpha value is -2.08. The second kappa shape index (κ2) is 7.74. The minimum atomic E-state index is -1.40. The molecular formula is C22H22ClNO3S. The fourth-order valence-corrected chi connectivity index (χ4v) is 4.97. The Balaban J connectivity index is 1.60. The molecule has 3 aromatic rings. The topological polar surface area (TPSA) is 62.5 Å². The van der Waals surface area contributed by atoms with Crippen molar-refractivity contribution in [2.45, 2.75) is 36.7 Å². The Morgan fingerprint density at radius 2 is 1.96 bits per heavy atom. The van der Waals surface area contributed by atoms with Crippen LogP contribution < -0.4 is 5.32 Å². The lowest BCUT2D eigenvalue weighted by molar-refractivity contribution is -0.127. The summed E-state index contributed by atoms with van der Waals surface area (Å²) < 4.78 is 5.49. The summed E-state index contributed by atoms with van der Waals surface area (Å²) in [5.41, 5.74) is -0.300. The Labute approximate surface area is 173 Å². The number of thiophene rings is 1. The highest BCUT2D eigenvalue weighted by Crippen LogP contribution is 2.42. The van der Waals surface area contributed by atoms with Crippen molar-refractivity contribution in [3.8, 4) is 0 Å². The maximum atomic E-state index is 13.4. The summed E-state index contributed by atoms with van der Waals surface area (Å²) in [6, 6.07) is 12.8. The molecule has 28 heavy (non-hydrogen) atoms. The van der Waals surface area contributed by atoms with Crippen LogP contribution in [0.1, 0.15) is 42.6 Å². The van der Waals surface area contributed by atoms with Gasteiger partial charge in [-0.25, -0.2) is 0 Å². The lowest BCUT2D eigenvalue weighted by Gasteiger charge is -2.31. The maximum absolute atomic E-state index is 13.4. The van der Waals surface area contributed by atoms with Gasteiger partial charge in [0, 0.05) is 10.6 Å².